The Balaban J connectivity index is 1.53. The third-order valence-electron chi connectivity index (χ3n) is 4.11. The fraction of sp³-hybridized carbons (Fsp3) is 0.647. The van der Waals surface area contributed by atoms with Crippen molar-refractivity contribution < 1.29 is 0 Å². The van der Waals surface area contributed by atoms with Crippen LogP contribution in [0.3, 0.4) is 0 Å². The smallest absolute Gasteiger partial charge is 0.0206 e. The molecule has 0 aromatic heterocycles. The number of piperazine rings is 1. The quantitative estimate of drug-likeness (QED) is 0.720. The Hall–Kier alpha value is -0.940. The second-order valence-electron chi connectivity index (χ2n) is 6.15. The standard InChI is InChI=1S/C17H30N4/c1-19(2)10-11-21-14-12-20(13-15-21)9-8-18-16-17-6-4-3-5-7-17/h3-7,18H,8-16H2,1-2H3. The van der Waals surface area contributed by atoms with E-state index in [0.717, 1.165) is 19.6 Å². The fourth-order valence-corrected chi connectivity index (χ4v) is 2.64. The molecule has 1 saturated heterocycles. The maximum atomic E-state index is 3.54. The molecule has 1 aromatic rings. The van der Waals surface area contributed by atoms with Gasteiger partial charge in [-0.2, -0.15) is 0 Å². The maximum absolute atomic E-state index is 3.54. The highest BCUT2D eigenvalue weighted by Gasteiger charge is 2.15. The largest absolute Gasteiger partial charge is 0.311 e. The first kappa shape index (κ1) is 16.4. The Bertz CT molecular complexity index is 372. The SMILES string of the molecule is CN(C)CCN1CCN(CCNCc2ccccc2)CC1. The molecule has 118 valence electrons. The van der Waals surface area contributed by atoms with E-state index >= 15 is 0 Å². The molecule has 4 nitrogen and oxygen atoms in total. The lowest BCUT2D eigenvalue weighted by atomic mass is 10.2. The average Bonchev–Trinajstić information content (AvgIpc) is 2.52. The summed E-state index contributed by atoms with van der Waals surface area (Å²) in [6.07, 6.45) is 0. The number of likely N-dealkylation sites (N-methyl/N-ethyl adjacent to an activating group) is 1. The molecule has 0 spiro atoms. The van der Waals surface area contributed by atoms with Gasteiger partial charge in [-0.1, -0.05) is 30.3 Å². The van der Waals surface area contributed by atoms with Gasteiger partial charge in [-0.15, -0.1) is 0 Å². The van der Waals surface area contributed by atoms with Crippen LogP contribution < -0.4 is 5.32 Å². The number of hydrogen-bond donors (Lipinski definition) is 1. The Morgan fingerprint density at radius 3 is 2.19 bits per heavy atom. The third kappa shape index (κ3) is 6.57. The fourth-order valence-electron chi connectivity index (χ4n) is 2.64. The summed E-state index contributed by atoms with van der Waals surface area (Å²) in [6.45, 7) is 10.4. The Morgan fingerprint density at radius 2 is 1.57 bits per heavy atom. The lowest BCUT2D eigenvalue weighted by Crippen LogP contribution is -2.49. The van der Waals surface area contributed by atoms with E-state index in [2.05, 4.69) is 64.4 Å². The molecule has 0 radical (unpaired) electrons. The summed E-state index contributed by atoms with van der Waals surface area (Å²) in [4.78, 5) is 7.41. The molecular weight excluding hydrogens is 260 g/mol. The normalized spacial score (nSPS) is 17.5. The van der Waals surface area contributed by atoms with Crippen molar-refractivity contribution in [2.75, 3.05) is 66.5 Å². The zero-order valence-electron chi connectivity index (χ0n) is 13.6. The van der Waals surface area contributed by atoms with Crippen LogP contribution >= 0.6 is 0 Å². The van der Waals surface area contributed by atoms with E-state index in [1.54, 1.807) is 0 Å². The molecule has 1 heterocycles. The van der Waals surface area contributed by atoms with E-state index in [1.165, 1.54) is 44.8 Å². The summed E-state index contributed by atoms with van der Waals surface area (Å²) in [5.41, 5.74) is 1.37. The summed E-state index contributed by atoms with van der Waals surface area (Å²) in [6, 6.07) is 10.6. The average molecular weight is 290 g/mol. The summed E-state index contributed by atoms with van der Waals surface area (Å²) in [7, 11) is 4.29. The van der Waals surface area contributed by atoms with Crippen molar-refractivity contribution in [2.45, 2.75) is 6.54 Å². The van der Waals surface area contributed by atoms with E-state index in [9.17, 15) is 0 Å². The van der Waals surface area contributed by atoms with Gasteiger partial charge in [0.2, 0.25) is 0 Å². The van der Waals surface area contributed by atoms with E-state index in [-0.39, 0.29) is 0 Å². The van der Waals surface area contributed by atoms with Crippen LogP contribution in [0, 0.1) is 0 Å². The third-order valence-corrected chi connectivity index (χ3v) is 4.11. The van der Waals surface area contributed by atoms with Gasteiger partial charge in [0, 0.05) is 58.9 Å². The highest BCUT2D eigenvalue weighted by molar-refractivity contribution is 5.14. The van der Waals surface area contributed by atoms with Gasteiger partial charge in [-0.25, -0.2) is 0 Å². The van der Waals surface area contributed by atoms with Crippen LogP contribution in [-0.4, -0.2) is 81.2 Å². The first-order chi connectivity index (χ1) is 10.2. The zero-order chi connectivity index (χ0) is 14.9. The number of hydrogen-bond acceptors (Lipinski definition) is 4. The molecule has 1 N–H and O–H groups in total. The van der Waals surface area contributed by atoms with Gasteiger partial charge in [0.15, 0.2) is 0 Å². The van der Waals surface area contributed by atoms with Gasteiger partial charge in [0.05, 0.1) is 0 Å². The van der Waals surface area contributed by atoms with Crippen LogP contribution in [0.25, 0.3) is 0 Å². The number of benzene rings is 1. The van der Waals surface area contributed by atoms with Crippen LogP contribution in [0.5, 0.6) is 0 Å². The lowest BCUT2D eigenvalue weighted by Gasteiger charge is -2.35. The topological polar surface area (TPSA) is 21.8 Å². The first-order valence-corrected chi connectivity index (χ1v) is 8.08. The van der Waals surface area contributed by atoms with Crippen LogP contribution in [0.4, 0.5) is 0 Å². The zero-order valence-corrected chi connectivity index (χ0v) is 13.6. The van der Waals surface area contributed by atoms with Gasteiger partial charge < -0.3 is 10.2 Å². The van der Waals surface area contributed by atoms with Gasteiger partial charge in [-0.3, -0.25) is 9.80 Å². The van der Waals surface area contributed by atoms with Crippen molar-refractivity contribution in [3.05, 3.63) is 35.9 Å². The predicted octanol–water partition coefficient (Wildman–Crippen LogP) is 0.955. The summed E-state index contributed by atoms with van der Waals surface area (Å²) < 4.78 is 0. The van der Waals surface area contributed by atoms with Gasteiger partial charge in [-0.05, 0) is 19.7 Å². The number of nitrogens with one attached hydrogen (secondary N) is 1. The molecule has 0 aliphatic carbocycles. The number of nitrogens with zero attached hydrogens (tertiary/aromatic N) is 3. The lowest BCUT2D eigenvalue weighted by molar-refractivity contribution is 0.126. The highest BCUT2D eigenvalue weighted by Crippen LogP contribution is 2.01. The molecule has 2 rings (SSSR count). The minimum absolute atomic E-state index is 0.976. The van der Waals surface area contributed by atoms with E-state index < -0.39 is 0 Å². The number of rotatable bonds is 8. The van der Waals surface area contributed by atoms with E-state index in [1.807, 2.05) is 0 Å². The molecule has 21 heavy (non-hydrogen) atoms. The molecule has 0 saturated carbocycles. The Kier molecular flexibility index (Phi) is 7.16. The monoisotopic (exact) mass is 290 g/mol. The van der Waals surface area contributed by atoms with Crippen molar-refractivity contribution in [2.24, 2.45) is 0 Å². The van der Waals surface area contributed by atoms with Crippen LogP contribution in [0.15, 0.2) is 30.3 Å². The molecule has 1 aromatic carbocycles. The van der Waals surface area contributed by atoms with Crippen molar-refractivity contribution in [1.29, 1.82) is 0 Å². The summed E-state index contributed by atoms with van der Waals surface area (Å²) >= 11 is 0. The molecule has 0 amide bonds. The Labute approximate surface area is 129 Å². The minimum atomic E-state index is 0.976. The van der Waals surface area contributed by atoms with Gasteiger partial charge >= 0.3 is 0 Å². The first-order valence-electron chi connectivity index (χ1n) is 8.08. The predicted molar refractivity (Wildman–Crippen MR) is 89.6 cm³/mol. The van der Waals surface area contributed by atoms with E-state index in [4.69, 9.17) is 0 Å². The molecule has 1 aliphatic rings. The van der Waals surface area contributed by atoms with Gasteiger partial charge in [0.1, 0.15) is 0 Å². The molecule has 0 unspecified atom stereocenters. The molecule has 1 aliphatic heterocycles. The summed E-state index contributed by atoms with van der Waals surface area (Å²) in [5.74, 6) is 0. The Morgan fingerprint density at radius 1 is 0.952 bits per heavy atom. The van der Waals surface area contributed by atoms with Crippen molar-refractivity contribution in [3.63, 3.8) is 0 Å². The van der Waals surface area contributed by atoms with Crippen LogP contribution in [0.1, 0.15) is 5.56 Å². The molecular formula is C17H30N4. The van der Waals surface area contributed by atoms with E-state index in [0.29, 0.717) is 0 Å². The van der Waals surface area contributed by atoms with Crippen LogP contribution in [0.2, 0.25) is 0 Å². The van der Waals surface area contributed by atoms with Gasteiger partial charge in [0.25, 0.3) is 0 Å². The maximum Gasteiger partial charge on any atom is 0.0206 e. The second kappa shape index (κ2) is 9.15. The molecule has 4 heteroatoms. The van der Waals surface area contributed by atoms with Crippen molar-refractivity contribution >= 4 is 0 Å². The molecule has 1 fully saturated rings. The van der Waals surface area contributed by atoms with Crippen molar-refractivity contribution in [1.82, 2.24) is 20.0 Å². The second-order valence-corrected chi connectivity index (χ2v) is 6.15. The summed E-state index contributed by atoms with van der Waals surface area (Å²) in [5, 5.41) is 3.54. The molecule has 0 atom stereocenters. The molecule has 0 bridgehead atoms. The minimum Gasteiger partial charge on any atom is -0.311 e. The highest BCUT2D eigenvalue weighted by atomic mass is 15.3. The van der Waals surface area contributed by atoms with Crippen LogP contribution in [-0.2, 0) is 6.54 Å². The van der Waals surface area contributed by atoms with Crippen molar-refractivity contribution in [3.8, 4) is 0 Å².